The normalized spacial score (nSPS) is 22.8. The minimum absolute atomic E-state index is 0.195. The average molecular weight is 355 g/mol. The number of aliphatic hydroxyl groups is 1. The highest BCUT2D eigenvalue weighted by Gasteiger charge is 2.26. The van der Waals surface area contributed by atoms with Crippen LogP contribution >= 0.6 is 0 Å². The molecule has 0 bridgehead atoms. The molecule has 4 rings (SSSR count). The highest BCUT2D eigenvalue weighted by atomic mass is 16.3. The molecule has 2 heterocycles. The van der Waals surface area contributed by atoms with Crippen molar-refractivity contribution in [2.75, 3.05) is 17.2 Å². The molecule has 0 radical (unpaired) electrons. The summed E-state index contributed by atoms with van der Waals surface area (Å²) >= 11 is 0. The molecule has 2 aliphatic rings. The Labute approximate surface area is 152 Å². The van der Waals surface area contributed by atoms with E-state index in [9.17, 15) is 9.90 Å². The summed E-state index contributed by atoms with van der Waals surface area (Å²) in [7, 11) is 0. The van der Waals surface area contributed by atoms with Crippen LogP contribution in [0.4, 0.5) is 11.8 Å². The number of rotatable bonds is 6. The van der Waals surface area contributed by atoms with Crippen LogP contribution in [0.2, 0.25) is 0 Å². The molecule has 0 spiro atoms. The zero-order valence-corrected chi connectivity index (χ0v) is 14.7. The summed E-state index contributed by atoms with van der Waals surface area (Å²) in [5.41, 5.74) is 0.882. The SMILES string of the molecule is O=c1[nH]c(NC2CCC2)nc(NC2CCC(CO)C2)c1-c1ccccn1. The van der Waals surface area contributed by atoms with Gasteiger partial charge in [-0.3, -0.25) is 14.8 Å². The minimum Gasteiger partial charge on any atom is -0.396 e. The van der Waals surface area contributed by atoms with Crippen LogP contribution < -0.4 is 16.2 Å². The van der Waals surface area contributed by atoms with Crippen molar-refractivity contribution < 1.29 is 5.11 Å². The Hall–Kier alpha value is -2.41. The zero-order chi connectivity index (χ0) is 17.9. The van der Waals surface area contributed by atoms with E-state index in [1.807, 2.05) is 18.2 Å². The Morgan fingerprint density at radius 2 is 2.04 bits per heavy atom. The summed E-state index contributed by atoms with van der Waals surface area (Å²) in [5, 5.41) is 16.1. The number of aromatic amines is 1. The van der Waals surface area contributed by atoms with Crippen molar-refractivity contribution in [3.63, 3.8) is 0 Å². The van der Waals surface area contributed by atoms with Gasteiger partial charge in [-0.2, -0.15) is 4.98 Å². The zero-order valence-electron chi connectivity index (χ0n) is 14.7. The quantitative estimate of drug-likeness (QED) is 0.634. The highest BCUT2D eigenvalue weighted by Crippen LogP contribution is 2.30. The Bertz CT molecular complexity index is 803. The summed E-state index contributed by atoms with van der Waals surface area (Å²) in [6.45, 7) is 0.211. The molecule has 0 aromatic carbocycles. The van der Waals surface area contributed by atoms with Crippen LogP contribution in [-0.2, 0) is 0 Å². The van der Waals surface area contributed by atoms with Gasteiger partial charge in [-0.15, -0.1) is 0 Å². The number of hydrogen-bond acceptors (Lipinski definition) is 6. The van der Waals surface area contributed by atoms with Crippen LogP contribution in [-0.4, -0.2) is 38.7 Å². The van der Waals surface area contributed by atoms with Crippen LogP contribution in [0.1, 0.15) is 38.5 Å². The molecule has 2 atom stereocenters. The monoisotopic (exact) mass is 355 g/mol. The van der Waals surface area contributed by atoms with Crippen molar-refractivity contribution in [2.45, 2.75) is 50.6 Å². The third-order valence-electron chi connectivity index (χ3n) is 5.43. The Kier molecular flexibility index (Phi) is 4.88. The van der Waals surface area contributed by atoms with E-state index >= 15 is 0 Å². The maximum atomic E-state index is 12.8. The lowest BCUT2D eigenvalue weighted by Gasteiger charge is -2.27. The molecule has 4 N–H and O–H groups in total. The molecule has 2 unspecified atom stereocenters. The minimum atomic E-state index is -0.195. The number of hydrogen-bond donors (Lipinski definition) is 4. The number of aromatic nitrogens is 3. The van der Waals surface area contributed by atoms with Crippen molar-refractivity contribution in [2.24, 2.45) is 5.92 Å². The van der Waals surface area contributed by atoms with Crippen molar-refractivity contribution in [1.82, 2.24) is 15.0 Å². The van der Waals surface area contributed by atoms with E-state index < -0.39 is 0 Å². The second-order valence-corrected chi connectivity index (χ2v) is 7.33. The van der Waals surface area contributed by atoms with Gasteiger partial charge in [0.2, 0.25) is 5.95 Å². The first-order chi connectivity index (χ1) is 12.7. The molecule has 26 heavy (non-hydrogen) atoms. The summed E-state index contributed by atoms with van der Waals surface area (Å²) in [6.07, 6.45) is 7.94. The molecule has 0 amide bonds. The van der Waals surface area contributed by atoms with Gasteiger partial charge >= 0.3 is 0 Å². The summed E-state index contributed by atoms with van der Waals surface area (Å²) < 4.78 is 0. The molecule has 2 fully saturated rings. The smallest absolute Gasteiger partial charge is 0.263 e. The summed E-state index contributed by atoms with van der Waals surface area (Å²) in [4.78, 5) is 24.6. The van der Waals surface area contributed by atoms with Gasteiger partial charge in [0.25, 0.3) is 5.56 Å². The summed E-state index contributed by atoms with van der Waals surface area (Å²) in [6, 6.07) is 6.11. The molecule has 0 aliphatic heterocycles. The van der Waals surface area contributed by atoms with Gasteiger partial charge in [-0.25, -0.2) is 0 Å². The van der Waals surface area contributed by atoms with E-state index in [0.29, 0.717) is 35.0 Å². The fraction of sp³-hybridized carbons (Fsp3) is 0.526. The molecule has 138 valence electrons. The van der Waals surface area contributed by atoms with Gasteiger partial charge in [0, 0.05) is 24.9 Å². The molecular formula is C19H25N5O2. The Morgan fingerprint density at radius 1 is 1.15 bits per heavy atom. The van der Waals surface area contributed by atoms with Crippen LogP contribution in [0, 0.1) is 5.92 Å². The van der Waals surface area contributed by atoms with E-state index in [1.165, 1.54) is 6.42 Å². The van der Waals surface area contributed by atoms with Crippen molar-refractivity contribution in [3.05, 3.63) is 34.7 Å². The van der Waals surface area contributed by atoms with E-state index in [4.69, 9.17) is 0 Å². The van der Waals surface area contributed by atoms with Gasteiger partial charge < -0.3 is 15.7 Å². The number of aliphatic hydroxyl groups excluding tert-OH is 1. The fourth-order valence-corrected chi connectivity index (χ4v) is 3.71. The van der Waals surface area contributed by atoms with E-state index in [-0.39, 0.29) is 18.2 Å². The van der Waals surface area contributed by atoms with Crippen LogP contribution in [0.5, 0.6) is 0 Å². The number of H-pyrrole nitrogens is 1. The van der Waals surface area contributed by atoms with Crippen molar-refractivity contribution >= 4 is 11.8 Å². The first kappa shape index (κ1) is 17.0. The fourth-order valence-electron chi connectivity index (χ4n) is 3.71. The average Bonchev–Trinajstić information content (AvgIpc) is 3.06. The largest absolute Gasteiger partial charge is 0.396 e. The van der Waals surface area contributed by atoms with E-state index in [0.717, 1.165) is 32.1 Å². The van der Waals surface area contributed by atoms with E-state index in [2.05, 4.69) is 25.6 Å². The number of anilines is 2. The maximum Gasteiger partial charge on any atom is 0.263 e. The predicted molar refractivity (Wildman–Crippen MR) is 101 cm³/mol. The summed E-state index contributed by atoms with van der Waals surface area (Å²) in [5.74, 6) is 1.40. The van der Waals surface area contributed by atoms with Gasteiger partial charge in [-0.05, 0) is 56.6 Å². The van der Waals surface area contributed by atoms with Gasteiger partial charge in [-0.1, -0.05) is 6.07 Å². The van der Waals surface area contributed by atoms with Crippen LogP contribution in [0.3, 0.4) is 0 Å². The molecular weight excluding hydrogens is 330 g/mol. The van der Waals surface area contributed by atoms with Crippen molar-refractivity contribution in [1.29, 1.82) is 0 Å². The van der Waals surface area contributed by atoms with Crippen LogP contribution in [0.15, 0.2) is 29.2 Å². The third kappa shape index (κ3) is 3.58. The first-order valence-electron chi connectivity index (χ1n) is 9.42. The molecule has 2 aromatic heterocycles. The molecule has 2 aromatic rings. The number of pyridine rings is 1. The molecule has 2 aliphatic carbocycles. The molecule has 0 saturated heterocycles. The maximum absolute atomic E-state index is 12.8. The second-order valence-electron chi connectivity index (χ2n) is 7.33. The third-order valence-corrected chi connectivity index (χ3v) is 5.43. The van der Waals surface area contributed by atoms with Gasteiger partial charge in [0.15, 0.2) is 0 Å². The Balaban J connectivity index is 1.66. The number of nitrogens with one attached hydrogen (secondary N) is 3. The topological polar surface area (TPSA) is 103 Å². The Morgan fingerprint density at radius 3 is 2.69 bits per heavy atom. The molecule has 7 nitrogen and oxygen atoms in total. The van der Waals surface area contributed by atoms with Gasteiger partial charge in [0.05, 0.1) is 5.69 Å². The first-order valence-corrected chi connectivity index (χ1v) is 9.42. The lowest BCUT2D eigenvalue weighted by Crippen LogP contribution is -2.30. The second kappa shape index (κ2) is 7.45. The lowest BCUT2D eigenvalue weighted by atomic mass is 9.93. The standard InChI is InChI=1S/C19H25N5O2/c25-11-12-7-8-14(10-12)21-17-16(15-6-1-2-9-20-15)18(26)24-19(23-17)22-13-4-3-5-13/h1-2,6,9,12-14,25H,3-5,7-8,10-11H2,(H3,21,22,23,24,26). The molecule has 7 heteroatoms. The van der Waals surface area contributed by atoms with Crippen molar-refractivity contribution in [3.8, 4) is 11.3 Å². The van der Waals surface area contributed by atoms with Crippen LogP contribution in [0.25, 0.3) is 11.3 Å². The predicted octanol–water partition coefficient (Wildman–Crippen LogP) is 2.37. The van der Waals surface area contributed by atoms with E-state index in [1.54, 1.807) is 6.20 Å². The lowest BCUT2D eigenvalue weighted by molar-refractivity contribution is 0.229. The number of nitrogens with zero attached hydrogens (tertiary/aromatic N) is 2. The highest BCUT2D eigenvalue weighted by molar-refractivity contribution is 5.72. The van der Waals surface area contributed by atoms with Gasteiger partial charge in [0.1, 0.15) is 11.4 Å². The molecule has 2 saturated carbocycles.